The quantitative estimate of drug-likeness (QED) is 0.876. The summed E-state index contributed by atoms with van der Waals surface area (Å²) < 4.78 is 18.6. The van der Waals surface area contributed by atoms with Crippen LogP contribution < -0.4 is 15.4 Å². The minimum atomic E-state index is -0.489. The maximum atomic E-state index is 13.4. The molecule has 0 unspecified atom stereocenters. The largest absolute Gasteiger partial charge is 0.497 e. The van der Waals surface area contributed by atoms with Crippen molar-refractivity contribution in [3.8, 4) is 5.75 Å². The fraction of sp³-hybridized carbons (Fsp3) is 0.263. The molecule has 0 bridgehead atoms. The van der Waals surface area contributed by atoms with Crippen LogP contribution in [0.3, 0.4) is 0 Å². The molecular weight excluding hydrogens is 323 g/mol. The second-order valence-corrected chi connectivity index (χ2v) is 6.07. The lowest BCUT2D eigenvalue weighted by atomic mass is 10.1. The van der Waals surface area contributed by atoms with Gasteiger partial charge in [0, 0.05) is 11.6 Å². The normalized spacial score (nSPS) is 13.2. The van der Waals surface area contributed by atoms with Crippen LogP contribution >= 0.6 is 0 Å². The standard InChI is InChI=1S/C19H19FN2O3/c1-11-3-4-12(20)9-15(11)18(23)22-17-8-7-14(25-2)10-16(17)19(24)21-13-5-6-13/h3-4,7-10,13H,5-6H2,1-2H3,(H,21,24)(H,22,23). The molecule has 0 spiro atoms. The van der Waals surface area contributed by atoms with Crippen molar-refractivity contribution < 1.29 is 18.7 Å². The summed E-state index contributed by atoms with van der Waals surface area (Å²) in [5, 5.41) is 5.59. The maximum Gasteiger partial charge on any atom is 0.256 e. The van der Waals surface area contributed by atoms with Gasteiger partial charge in [-0.2, -0.15) is 0 Å². The molecule has 0 saturated heterocycles. The first-order chi connectivity index (χ1) is 12.0. The summed E-state index contributed by atoms with van der Waals surface area (Å²) in [4.78, 5) is 25.0. The molecular formula is C19H19FN2O3. The van der Waals surface area contributed by atoms with Gasteiger partial charge in [-0.15, -0.1) is 0 Å². The van der Waals surface area contributed by atoms with Crippen molar-refractivity contribution in [2.75, 3.05) is 12.4 Å². The van der Waals surface area contributed by atoms with Gasteiger partial charge in [-0.3, -0.25) is 9.59 Å². The van der Waals surface area contributed by atoms with E-state index in [1.165, 1.54) is 19.2 Å². The molecule has 1 aliphatic rings. The first-order valence-corrected chi connectivity index (χ1v) is 8.04. The van der Waals surface area contributed by atoms with Gasteiger partial charge in [0.25, 0.3) is 11.8 Å². The number of benzene rings is 2. The molecule has 1 aliphatic carbocycles. The summed E-state index contributed by atoms with van der Waals surface area (Å²) in [5.41, 5.74) is 1.54. The lowest BCUT2D eigenvalue weighted by Gasteiger charge is -2.13. The average Bonchev–Trinajstić information content (AvgIpc) is 3.41. The van der Waals surface area contributed by atoms with Crippen LogP contribution in [0, 0.1) is 12.7 Å². The van der Waals surface area contributed by atoms with Crippen molar-refractivity contribution in [2.24, 2.45) is 0 Å². The van der Waals surface area contributed by atoms with E-state index in [1.807, 2.05) is 0 Å². The number of carbonyl (C=O) groups is 2. The smallest absolute Gasteiger partial charge is 0.256 e. The molecule has 0 atom stereocenters. The van der Waals surface area contributed by atoms with Gasteiger partial charge in [0.2, 0.25) is 0 Å². The molecule has 1 saturated carbocycles. The Morgan fingerprint density at radius 1 is 1.08 bits per heavy atom. The van der Waals surface area contributed by atoms with Crippen LogP contribution in [0.4, 0.5) is 10.1 Å². The molecule has 5 nitrogen and oxygen atoms in total. The first kappa shape index (κ1) is 17.0. The zero-order valence-corrected chi connectivity index (χ0v) is 14.1. The highest BCUT2D eigenvalue weighted by molar-refractivity contribution is 6.09. The van der Waals surface area contributed by atoms with Crippen LogP contribution in [0.1, 0.15) is 39.1 Å². The molecule has 2 aromatic carbocycles. The average molecular weight is 342 g/mol. The predicted octanol–water partition coefficient (Wildman–Crippen LogP) is 3.29. The number of nitrogens with one attached hydrogen (secondary N) is 2. The summed E-state index contributed by atoms with van der Waals surface area (Å²) in [7, 11) is 1.51. The minimum absolute atomic E-state index is 0.188. The Kier molecular flexibility index (Phi) is 4.70. The van der Waals surface area contributed by atoms with Crippen LogP contribution in [0.5, 0.6) is 5.75 Å². The minimum Gasteiger partial charge on any atom is -0.497 e. The Morgan fingerprint density at radius 3 is 2.52 bits per heavy atom. The van der Waals surface area contributed by atoms with E-state index >= 15 is 0 Å². The van der Waals surface area contributed by atoms with Crippen molar-refractivity contribution in [3.63, 3.8) is 0 Å². The van der Waals surface area contributed by atoms with E-state index in [9.17, 15) is 14.0 Å². The second kappa shape index (κ2) is 6.93. The highest BCUT2D eigenvalue weighted by Gasteiger charge is 2.25. The number of hydrogen-bond acceptors (Lipinski definition) is 3. The Morgan fingerprint density at radius 2 is 1.84 bits per heavy atom. The number of anilines is 1. The lowest BCUT2D eigenvalue weighted by molar-refractivity contribution is 0.0951. The fourth-order valence-corrected chi connectivity index (χ4v) is 2.47. The zero-order chi connectivity index (χ0) is 18.0. The Bertz CT molecular complexity index is 831. The van der Waals surface area contributed by atoms with Crippen LogP contribution in [-0.2, 0) is 0 Å². The van der Waals surface area contributed by atoms with Crippen molar-refractivity contribution in [1.82, 2.24) is 5.32 Å². The second-order valence-electron chi connectivity index (χ2n) is 6.07. The monoisotopic (exact) mass is 342 g/mol. The van der Waals surface area contributed by atoms with E-state index in [1.54, 1.807) is 31.2 Å². The molecule has 2 amide bonds. The summed E-state index contributed by atoms with van der Waals surface area (Å²) in [6.45, 7) is 1.73. The Balaban J connectivity index is 1.89. The van der Waals surface area contributed by atoms with Gasteiger partial charge < -0.3 is 15.4 Å². The summed E-state index contributed by atoms with van der Waals surface area (Å²) in [6.07, 6.45) is 1.92. The van der Waals surface area contributed by atoms with Crippen molar-refractivity contribution >= 4 is 17.5 Å². The first-order valence-electron chi connectivity index (χ1n) is 8.04. The number of methoxy groups -OCH3 is 1. The number of amides is 2. The molecule has 0 aliphatic heterocycles. The van der Waals surface area contributed by atoms with Crippen molar-refractivity contribution in [2.45, 2.75) is 25.8 Å². The number of hydrogen-bond donors (Lipinski definition) is 2. The lowest BCUT2D eigenvalue weighted by Crippen LogP contribution is -2.27. The Labute approximate surface area is 145 Å². The zero-order valence-electron chi connectivity index (χ0n) is 14.1. The number of halogens is 1. The molecule has 0 heterocycles. The highest BCUT2D eigenvalue weighted by atomic mass is 19.1. The molecule has 2 N–H and O–H groups in total. The Hall–Kier alpha value is -2.89. The SMILES string of the molecule is COc1ccc(NC(=O)c2cc(F)ccc2C)c(C(=O)NC2CC2)c1. The van der Waals surface area contributed by atoms with Crippen LogP contribution in [0.25, 0.3) is 0 Å². The highest BCUT2D eigenvalue weighted by Crippen LogP contribution is 2.25. The third-order valence-electron chi connectivity index (χ3n) is 4.08. The van der Waals surface area contributed by atoms with Gasteiger partial charge in [0.15, 0.2) is 0 Å². The van der Waals surface area contributed by atoms with Gasteiger partial charge in [-0.25, -0.2) is 4.39 Å². The van der Waals surface area contributed by atoms with E-state index in [0.717, 1.165) is 12.8 Å². The summed E-state index contributed by atoms with van der Waals surface area (Å²) in [6, 6.07) is 9.04. The van der Waals surface area contributed by atoms with Crippen molar-refractivity contribution in [3.05, 3.63) is 58.9 Å². The van der Waals surface area contributed by atoms with Crippen LogP contribution in [0.2, 0.25) is 0 Å². The van der Waals surface area contributed by atoms with Crippen LogP contribution in [0.15, 0.2) is 36.4 Å². The number of ether oxygens (including phenoxy) is 1. The molecule has 6 heteroatoms. The third-order valence-corrected chi connectivity index (χ3v) is 4.08. The summed E-state index contributed by atoms with van der Waals surface area (Å²) in [5.74, 6) is -0.714. The number of carbonyl (C=O) groups excluding carboxylic acids is 2. The van der Waals surface area contributed by atoms with E-state index in [-0.39, 0.29) is 17.5 Å². The predicted molar refractivity (Wildman–Crippen MR) is 92.6 cm³/mol. The van der Waals surface area contributed by atoms with Crippen molar-refractivity contribution in [1.29, 1.82) is 0 Å². The van der Waals surface area contributed by atoms with E-state index < -0.39 is 11.7 Å². The van der Waals surface area contributed by atoms with E-state index in [2.05, 4.69) is 10.6 Å². The molecule has 2 aromatic rings. The van der Waals surface area contributed by atoms with Gasteiger partial charge >= 0.3 is 0 Å². The molecule has 1 fully saturated rings. The molecule has 25 heavy (non-hydrogen) atoms. The molecule has 0 aromatic heterocycles. The number of rotatable bonds is 5. The van der Waals surface area contributed by atoms with Gasteiger partial charge in [0.05, 0.1) is 18.4 Å². The van der Waals surface area contributed by atoms with E-state index in [0.29, 0.717) is 22.6 Å². The molecule has 130 valence electrons. The third kappa shape index (κ3) is 3.96. The van der Waals surface area contributed by atoms with Crippen LogP contribution in [-0.4, -0.2) is 25.0 Å². The van der Waals surface area contributed by atoms with Gasteiger partial charge in [-0.1, -0.05) is 6.07 Å². The fourth-order valence-electron chi connectivity index (χ4n) is 2.47. The summed E-state index contributed by atoms with van der Waals surface area (Å²) >= 11 is 0. The van der Waals surface area contributed by atoms with Gasteiger partial charge in [0.1, 0.15) is 11.6 Å². The molecule has 0 radical (unpaired) electrons. The molecule has 3 rings (SSSR count). The van der Waals surface area contributed by atoms with E-state index in [4.69, 9.17) is 4.74 Å². The van der Waals surface area contributed by atoms with Gasteiger partial charge in [-0.05, 0) is 55.7 Å². The number of aryl methyl sites for hydroxylation is 1. The topological polar surface area (TPSA) is 67.4 Å². The maximum absolute atomic E-state index is 13.4.